The maximum Gasteiger partial charge on any atom is 0.332 e. The number of benzene rings is 1. The van der Waals surface area contributed by atoms with Crippen LogP contribution in [-0.2, 0) is 27.2 Å². The Labute approximate surface area is 177 Å². The summed E-state index contributed by atoms with van der Waals surface area (Å²) < 4.78 is 6.43. The number of imidazole rings is 1. The molecule has 4 rings (SSSR count). The largest absolute Gasteiger partial charge is 0.332 e. The summed E-state index contributed by atoms with van der Waals surface area (Å²) in [5.74, 6) is 1.57. The number of hydrogen-bond acceptors (Lipinski definition) is 6. The summed E-state index contributed by atoms with van der Waals surface area (Å²) in [6.45, 7) is 2.98. The van der Waals surface area contributed by atoms with Crippen LogP contribution in [0.2, 0.25) is 0 Å². The molecule has 0 N–H and O–H groups in total. The van der Waals surface area contributed by atoms with Gasteiger partial charge in [-0.25, -0.2) is 9.78 Å². The van der Waals surface area contributed by atoms with Crippen molar-refractivity contribution < 1.29 is 0 Å². The van der Waals surface area contributed by atoms with Gasteiger partial charge in [0.05, 0.1) is 12.9 Å². The number of nitrogens with zero attached hydrogens (tertiary/aromatic N) is 7. The van der Waals surface area contributed by atoms with Crippen LogP contribution in [-0.4, -0.2) is 39.2 Å². The fourth-order valence-electron chi connectivity index (χ4n) is 3.40. The van der Waals surface area contributed by atoms with E-state index in [1.807, 2.05) is 25.1 Å². The number of aryl methyl sites for hydroxylation is 3. The summed E-state index contributed by atoms with van der Waals surface area (Å²) in [4.78, 5) is 29.5. The van der Waals surface area contributed by atoms with Crippen molar-refractivity contribution in [1.82, 2.24) is 33.4 Å². The number of hydrogen-bond donors (Lipinski definition) is 0. The molecule has 0 bridgehead atoms. The lowest BCUT2D eigenvalue weighted by Gasteiger charge is -2.10. The van der Waals surface area contributed by atoms with Gasteiger partial charge in [0.25, 0.3) is 5.56 Å². The van der Waals surface area contributed by atoms with E-state index in [0.29, 0.717) is 36.4 Å². The maximum absolute atomic E-state index is 12.8. The van der Waals surface area contributed by atoms with Crippen molar-refractivity contribution in [3.8, 4) is 0 Å². The van der Waals surface area contributed by atoms with Gasteiger partial charge < -0.3 is 9.13 Å². The maximum atomic E-state index is 12.8. The SMILES string of the molecule is Cc1nnc(SCCCn2c(=O)c3c(ncn3C)n(C)c2=O)n1Cc1ccccc1. The molecule has 10 heteroatoms. The zero-order valence-corrected chi connectivity index (χ0v) is 18.0. The highest BCUT2D eigenvalue weighted by Gasteiger charge is 2.15. The normalized spacial score (nSPS) is 11.4. The van der Waals surface area contributed by atoms with E-state index in [0.717, 1.165) is 11.0 Å². The second-order valence-corrected chi connectivity index (χ2v) is 8.19. The molecule has 0 saturated heterocycles. The van der Waals surface area contributed by atoms with Crippen molar-refractivity contribution in [3.63, 3.8) is 0 Å². The third-order valence-corrected chi connectivity index (χ3v) is 6.10. The Bertz CT molecular complexity index is 1300. The Kier molecular flexibility index (Phi) is 5.58. The molecule has 0 saturated carbocycles. The predicted octanol–water partition coefficient (Wildman–Crippen LogP) is 1.56. The molecular weight excluding hydrogens is 402 g/mol. The topological polar surface area (TPSA) is 92.5 Å². The highest BCUT2D eigenvalue weighted by molar-refractivity contribution is 7.99. The Morgan fingerprint density at radius 2 is 1.80 bits per heavy atom. The van der Waals surface area contributed by atoms with Crippen molar-refractivity contribution in [2.45, 2.75) is 31.6 Å². The summed E-state index contributed by atoms with van der Waals surface area (Å²) in [7, 11) is 3.39. The monoisotopic (exact) mass is 425 g/mol. The molecule has 0 atom stereocenters. The van der Waals surface area contributed by atoms with Crippen molar-refractivity contribution >= 4 is 22.9 Å². The molecule has 9 nitrogen and oxygen atoms in total. The van der Waals surface area contributed by atoms with Crippen LogP contribution in [0.1, 0.15) is 17.8 Å². The Morgan fingerprint density at radius 3 is 2.57 bits per heavy atom. The molecule has 3 aromatic heterocycles. The molecule has 156 valence electrons. The minimum atomic E-state index is -0.348. The van der Waals surface area contributed by atoms with Crippen molar-refractivity contribution in [3.05, 3.63) is 68.9 Å². The summed E-state index contributed by atoms with van der Waals surface area (Å²) in [6, 6.07) is 10.2. The molecule has 4 aromatic rings. The lowest BCUT2D eigenvalue weighted by molar-refractivity contribution is 0.593. The van der Waals surface area contributed by atoms with Gasteiger partial charge in [0.15, 0.2) is 16.3 Å². The molecule has 0 spiro atoms. The Balaban J connectivity index is 1.46. The van der Waals surface area contributed by atoms with Crippen LogP contribution in [0.25, 0.3) is 11.2 Å². The van der Waals surface area contributed by atoms with Gasteiger partial charge in [0.2, 0.25) is 0 Å². The molecule has 1 aromatic carbocycles. The van der Waals surface area contributed by atoms with Gasteiger partial charge in [-0.05, 0) is 18.9 Å². The summed E-state index contributed by atoms with van der Waals surface area (Å²) >= 11 is 1.58. The summed E-state index contributed by atoms with van der Waals surface area (Å²) in [5.41, 5.74) is 1.37. The molecule has 0 amide bonds. The van der Waals surface area contributed by atoms with Crippen LogP contribution in [0.4, 0.5) is 0 Å². The van der Waals surface area contributed by atoms with Crippen LogP contribution in [0.5, 0.6) is 0 Å². The zero-order valence-electron chi connectivity index (χ0n) is 17.1. The van der Waals surface area contributed by atoms with Gasteiger partial charge in [0, 0.05) is 26.4 Å². The number of aromatic nitrogens is 7. The van der Waals surface area contributed by atoms with Gasteiger partial charge in [0.1, 0.15) is 5.82 Å². The van der Waals surface area contributed by atoms with Crippen molar-refractivity contribution in [2.24, 2.45) is 14.1 Å². The van der Waals surface area contributed by atoms with E-state index in [1.165, 1.54) is 14.7 Å². The smallest absolute Gasteiger partial charge is 0.328 e. The fraction of sp³-hybridized carbons (Fsp3) is 0.350. The molecule has 0 fully saturated rings. The van der Waals surface area contributed by atoms with E-state index in [4.69, 9.17) is 0 Å². The number of thioether (sulfide) groups is 1. The van der Waals surface area contributed by atoms with E-state index in [-0.39, 0.29) is 11.2 Å². The van der Waals surface area contributed by atoms with Crippen LogP contribution in [0.3, 0.4) is 0 Å². The van der Waals surface area contributed by atoms with E-state index in [1.54, 1.807) is 36.8 Å². The van der Waals surface area contributed by atoms with Crippen LogP contribution in [0, 0.1) is 6.92 Å². The third kappa shape index (κ3) is 3.70. The highest BCUT2D eigenvalue weighted by atomic mass is 32.2. The molecule has 30 heavy (non-hydrogen) atoms. The first kappa shape index (κ1) is 20.1. The second kappa shape index (κ2) is 8.31. The highest BCUT2D eigenvalue weighted by Crippen LogP contribution is 2.19. The van der Waals surface area contributed by atoms with Gasteiger partial charge in [-0.15, -0.1) is 10.2 Å². The first-order valence-corrected chi connectivity index (χ1v) is 10.6. The lowest BCUT2D eigenvalue weighted by atomic mass is 10.2. The standard InChI is InChI=1S/C20H23N7O2S/c1-14-22-23-19(27(14)12-15-8-5-4-6-9-15)30-11-7-10-26-18(28)16-17(21-13-24(16)2)25(3)20(26)29/h4-6,8-9,13H,7,10-12H2,1-3H3. The molecule has 3 heterocycles. The van der Waals surface area contributed by atoms with E-state index < -0.39 is 0 Å². The minimum Gasteiger partial charge on any atom is -0.328 e. The molecular formula is C20H23N7O2S. The molecule has 0 aliphatic heterocycles. The van der Waals surface area contributed by atoms with Crippen LogP contribution >= 0.6 is 11.8 Å². The molecule has 0 aliphatic carbocycles. The van der Waals surface area contributed by atoms with E-state index in [2.05, 4.69) is 31.9 Å². The fourth-order valence-corrected chi connectivity index (χ4v) is 4.30. The molecule has 0 radical (unpaired) electrons. The third-order valence-electron chi connectivity index (χ3n) is 5.04. The average molecular weight is 426 g/mol. The Hall–Kier alpha value is -3.14. The zero-order chi connectivity index (χ0) is 21.3. The lowest BCUT2D eigenvalue weighted by Crippen LogP contribution is -2.39. The van der Waals surface area contributed by atoms with Crippen LogP contribution < -0.4 is 11.2 Å². The molecule has 0 aliphatic rings. The van der Waals surface area contributed by atoms with Gasteiger partial charge >= 0.3 is 5.69 Å². The van der Waals surface area contributed by atoms with Crippen molar-refractivity contribution in [1.29, 1.82) is 0 Å². The van der Waals surface area contributed by atoms with Crippen molar-refractivity contribution in [2.75, 3.05) is 5.75 Å². The Morgan fingerprint density at radius 1 is 1.03 bits per heavy atom. The second-order valence-electron chi connectivity index (χ2n) is 7.13. The van der Waals surface area contributed by atoms with Gasteiger partial charge in [-0.3, -0.25) is 13.9 Å². The number of rotatable bonds is 7. The minimum absolute atomic E-state index is 0.304. The van der Waals surface area contributed by atoms with Gasteiger partial charge in [-0.2, -0.15) is 0 Å². The van der Waals surface area contributed by atoms with E-state index >= 15 is 0 Å². The number of fused-ring (bicyclic) bond motifs is 1. The quantitative estimate of drug-likeness (QED) is 0.330. The average Bonchev–Trinajstić information content (AvgIpc) is 3.30. The van der Waals surface area contributed by atoms with E-state index in [9.17, 15) is 9.59 Å². The van der Waals surface area contributed by atoms with Gasteiger partial charge in [-0.1, -0.05) is 42.1 Å². The molecule has 0 unspecified atom stereocenters. The van der Waals surface area contributed by atoms with Crippen LogP contribution in [0.15, 0.2) is 51.4 Å². The predicted molar refractivity (Wildman–Crippen MR) is 116 cm³/mol. The summed E-state index contributed by atoms with van der Waals surface area (Å²) in [6.07, 6.45) is 2.20. The summed E-state index contributed by atoms with van der Waals surface area (Å²) in [5, 5.41) is 9.31. The first-order valence-electron chi connectivity index (χ1n) is 9.64. The first-order chi connectivity index (χ1) is 14.5.